The molecule has 1 aliphatic carbocycles. The lowest BCUT2D eigenvalue weighted by Gasteiger charge is -2.34. The van der Waals surface area contributed by atoms with Gasteiger partial charge in [-0.1, -0.05) is 4.48 Å². The molecule has 0 unspecified atom stereocenters. The zero-order chi connectivity index (χ0) is 20.1. The summed E-state index contributed by atoms with van der Waals surface area (Å²) in [6.07, 6.45) is 6.21. The maximum absolute atomic E-state index is 13.7. The molecule has 0 bridgehead atoms. The van der Waals surface area contributed by atoms with Crippen LogP contribution in [0.3, 0.4) is 0 Å². The summed E-state index contributed by atoms with van der Waals surface area (Å²) in [5, 5.41) is 0.402. The minimum absolute atomic E-state index is 0.0271. The number of hydrogen-bond acceptors (Lipinski definition) is 3. The van der Waals surface area contributed by atoms with E-state index in [1.54, 1.807) is 12.1 Å². The highest BCUT2D eigenvalue weighted by Crippen LogP contribution is 2.31. The Morgan fingerprint density at radius 1 is 1.04 bits per heavy atom. The largest absolute Gasteiger partial charge is 0.303 e. The molecule has 1 aliphatic heterocycles. The number of halogens is 2. The van der Waals surface area contributed by atoms with E-state index in [4.69, 9.17) is 0 Å². The first-order valence-corrected chi connectivity index (χ1v) is 10.4. The van der Waals surface area contributed by atoms with Crippen LogP contribution in [-0.4, -0.2) is 47.4 Å². The van der Waals surface area contributed by atoms with Crippen molar-refractivity contribution in [3.05, 3.63) is 35.6 Å². The van der Waals surface area contributed by atoms with Crippen LogP contribution in [0.1, 0.15) is 62.2 Å². The van der Waals surface area contributed by atoms with Crippen LogP contribution in [0.4, 0.5) is 8.87 Å². The Morgan fingerprint density at radius 3 is 2.21 bits per heavy atom. The minimum atomic E-state index is -0.499. The lowest BCUT2D eigenvalue weighted by Crippen LogP contribution is -2.38. The normalized spacial score (nSPS) is 24.1. The molecule has 0 spiro atoms. The molecule has 1 saturated heterocycles. The van der Waals surface area contributed by atoms with Crippen LogP contribution in [-0.2, 0) is 4.79 Å². The van der Waals surface area contributed by atoms with E-state index in [0.717, 1.165) is 64.6 Å². The van der Waals surface area contributed by atoms with Gasteiger partial charge in [-0.05, 0) is 94.8 Å². The number of nitrogens with zero attached hydrogens (tertiary/aromatic N) is 2. The molecular formula is C22H30F2N2O2. The van der Waals surface area contributed by atoms with Gasteiger partial charge in [0.25, 0.3) is 0 Å². The van der Waals surface area contributed by atoms with Crippen molar-refractivity contribution in [3.63, 3.8) is 0 Å². The summed E-state index contributed by atoms with van der Waals surface area (Å²) in [5.41, 5.74) is 0.601. The fourth-order valence-corrected chi connectivity index (χ4v) is 4.55. The molecule has 28 heavy (non-hydrogen) atoms. The summed E-state index contributed by atoms with van der Waals surface area (Å²) in [6.45, 7) is 4.11. The van der Waals surface area contributed by atoms with Crippen molar-refractivity contribution in [1.82, 2.24) is 10.0 Å². The monoisotopic (exact) mass is 392 g/mol. The number of amides is 1. The van der Waals surface area contributed by atoms with Crippen molar-refractivity contribution in [3.8, 4) is 0 Å². The van der Waals surface area contributed by atoms with E-state index in [1.807, 2.05) is 0 Å². The third-order valence-corrected chi connectivity index (χ3v) is 6.38. The fraction of sp³-hybridized carbons (Fsp3) is 0.636. The molecule has 3 rings (SSSR count). The van der Waals surface area contributed by atoms with E-state index < -0.39 is 5.91 Å². The molecule has 2 aliphatic rings. The van der Waals surface area contributed by atoms with Crippen LogP contribution < -0.4 is 0 Å². The summed E-state index contributed by atoms with van der Waals surface area (Å²) in [7, 11) is 0. The molecule has 1 heterocycles. The average Bonchev–Trinajstić information content (AvgIpc) is 2.72. The third-order valence-electron chi connectivity index (χ3n) is 6.38. The highest BCUT2D eigenvalue weighted by Gasteiger charge is 2.29. The molecule has 6 heteroatoms. The first-order chi connectivity index (χ1) is 13.4. The number of rotatable bonds is 6. The fourth-order valence-electron chi connectivity index (χ4n) is 4.55. The van der Waals surface area contributed by atoms with Crippen molar-refractivity contribution in [2.75, 3.05) is 19.6 Å². The van der Waals surface area contributed by atoms with E-state index >= 15 is 0 Å². The Balaban J connectivity index is 1.36. The van der Waals surface area contributed by atoms with Crippen LogP contribution in [0.15, 0.2) is 24.3 Å². The Hall–Kier alpha value is -1.82. The van der Waals surface area contributed by atoms with E-state index in [1.165, 1.54) is 19.1 Å². The van der Waals surface area contributed by atoms with Gasteiger partial charge in [-0.3, -0.25) is 9.59 Å². The molecule has 0 N–H and O–H groups in total. The van der Waals surface area contributed by atoms with Gasteiger partial charge in [0.15, 0.2) is 5.78 Å². The van der Waals surface area contributed by atoms with Crippen molar-refractivity contribution in [2.24, 2.45) is 11.8 Å². The smallest absolute Gasteiger partial charge is 0.247 e. The summed E-state index contributed by atoms with van der Waals surface area (Å²) in [4.78, 5) is 26.1. The van der Waals surface area contributed by atoms with Gasteiger partial charge >= 0.3 is 0 Å². The second-order valence-electron chi connectivity index (χ2n) is 8.28. The molecule has 1 saturated carbocycles. The minimum Gasteiger partial charge on any atom is -0.303 e. The topological polar surface area (TPSA) is 40.6 Å². The molecule has 1 amide bonds. The number of benzene rings is 1. The van der Waals surface area contributed by atoms with Gasteiger partial charge in [0.2, 0.25) is 5.91 Å². The van der Waals surface area contributed by atoms with E-state index in [9.17, 15) is 18.5 Å². The van der Waals surface area contributed by atoms with Crippen LogP contribution in [0.5, 0.6) is 0 Å². The highest BCUT2D eigenvalue weighted by atomic mass is 19.2. The van der Waals surface area contributed by atoms with E-state index in [2.05, 4.69) is 4.90 Å². The number of likely N-dealkylation sites (tertiary alicyclic amines) is 1. The summed E-state index contributed by atoms with van der Waals surface area (Å²) in [5.74, 6) is -0.0731. The number of piperidine rings is 1. The molecule has 0 atom stereocenters. The Morgan fingerprint density at radius 2 is 1.64 bits per heavy atom. The van der Waals surface area contributed by atoms with Gasteiger partial charge < -0.3 is 4.90 Å². The van der Waals surface area contributed by atoms with Crippen LogP contribution in [0, 0.1) is 17.7 Å². The zero-order valence-corrected chi connectivity index (χ0v) is 16.6. The number of hydrogen-bond donors (Lipinski definition) is 0. The molecule has 1 aromatic rings. The third kappa shape index (κ3) is 5.37. The zero-order valence-electron chi connectivity index (χ0n) is 16.6. The number of carbonyl (C=O) groups excluding carboxylic acids is 2. The summed E-state index contributed by atoms with van der Waals surface area (Å²) >= 11 is 0. The van der Waals surface area contributed by atoms with Crippen LogP contribution in [0.25, 0.3) is 0 Å². The van der Waals surface area contributed by atoms with Crippen molar-refractivity contribution < 1.29 is 18.5 Å². The highest BCUT2D eigenvalue weighted by molar-refractivity contribution is 5.97. The summed E-state index contributed by atoms with van der Waals surface area (Å²) in [6, 6.07) is 5.59. The molecule has 0 radical (unpaired) electrons. The van der Waals surface area contributed by atoms with Gasteiger partial charge in [0, 0.05) is 18.4 Å². The second-order valence-corrected chi connectivity index (χ2v) is 8.28. The summed E-state index contributed by atoms with van der Waals surface area (Å²) < 4.78 is 26.7. The second kappa shape index (κ2) is 9.59. The molecule has 4 nitrogen and oxygen atoms in total. The lowest BCUT2D eigenvalue weighted by molar-refractivity contribution is -0.151. The number of ketones is 1. The SMILES string of the molecule is CC(=O)N(F)C1CCC(CCN2CCC(C(=O)c3ccc(F)cc3)CC2)CC1. The Labute approximate surface area is 165 Å². The van der Waals surface area contributed by atoms with Crippen molar-refractivity contribution in [1.29, 1.82) is 0 Å². The number of carbonyl (C=O) groups is 2. The first kappa shape index (κ1) is 20.9. The quantitative estimate of drug-likeness (QED) is 0.532. The maximum Gasteiger partial charge on any atom is 0.247 e. The Kier molecular flexibility index (Phi) is 7.16. The van der Waals surface area contributed by atoms with E-state index in [-0.39, 0.29) is 23.6 Å². The van der Waals surface area contributed by atoms with Crippen LogP contribution in [0.2, 0.25) is 0 Å². The van der Waals surface area contributed by atoms with E-state index in [0.29, 0.717) is 16.6 Å². The predicted molar refractivity (Wildman–Crippen MR) is 104 cm³/mol. The van der Waals surface area contributed by atoms with Gasteiger partial charge in [0.05, 0.1) is 6.04 Å². The van der Waals surface area contributed by atoms with Crippen molar-refractivity contribution in [2.45, 2.75) is 57.9 Å². The lowest BCUT2D eigenvalue weighted by atomic mass is 9.83. The van der Waals surface area contributed by atoms with Gasteiger partial charge in [-0.15, -0.1) is 0 Å². The van der Waals surface area contributed by atoms with Gasteiger partial charge in [-0.2, -0.15) is 5.12 Å². The first-order valence-electron chi connectivity index (χ1n) is 10.4. The van der Waals surface area contributed by atoms with Gasteiger partial charge in [0.1, 0.15) is 5.82 Å². The van der Waals surface area contributed by atoms with Crippen LogP contribution >= 0.6 is 0 Å². The molecule has 2 fully saturated rings. The molecule has 1 aromatic carbocycles. The van der Waals surface area contributed by atoms with Gasteiger partial charge in [-0.25, -0.2) is 4.39 Å². The molecule has 0 aromatic heterocycles. The maximum atomic E-state index is 13.7. The Bertz CT molecular complexity index is 664. The van der Waals surface area contributed by atoms with Crippen molar-refractivity contribution >= 4 is 11.7 Å². The molecular weight excluding hydrogens is 362 g/mol. The molecule has 154 valence electrons. The average molecular weight is 392 g/mol. The standard InChI is InChI=1S/C22H30F2N2O2/c1-16(27)26(24)21-8-2-17(3-9-21)10-13-25-14-11-19(12-15-25)22(28)18-4-6-20(23)7-5-18/h4-7,17,19,21H,2-3,8-15H2,1H3. The predicted octanol–water partition coefficient (Wildman–Crippen LogP) is 4.40. The number of Topliss-reactive ketones (excluding diaryl/α,β-unsaturated/α-hetero) is 1.